The van der Waals surface area contributed by atoms with Crippen LogP contribution in [0.1, 0.15) is 24.0 Å². The van der Waals surface area contributed by atoms with Crippen LogP contribution in [0, 0.1) is 0 Å². The van der Waals surface area contributed by atoms with Crippen molar-refractivity contribution in [1.82, 2.24) is 29.7 Å². The maximum atomic E-state index is 13.5. The molecule has 194 valence electrons. The highest BCUT2D eigenvalue weighted by Gasteiger charge is 2.40. The normalized spacial score (nSPS) is 15.8. The lowest BCUT2D eigenvalue weighted by Gasteiger charge is -2.40. The summed E-state index contributed by atoms with van der Waals surface area (Å²) in [6.45, 7) is 1.64. The number of benzene rings is 1. The number of amides is 3. The first-order valence-electron chi connectivity index (χ1n) is 12.0. The smallest absolute Gasteiger partial charge is 0.246 e. The monoisotopic (exact) mass is 542 g/mol. The Labute approximate surface area is 225 Å². The third-order valence-corrected chi connectivity index (χ3v) is 6.83. The van der Waals surface area contributed by atoms with Crippen LogP contribution < -0.4 is 5.32 Å². The van der Waals surface area contributed by atoms with Crippen molar-refractivity contribution < 1.29 is 14.4 Å². The van der Waals surface area contributed by atoms with Crippen molar-refractivity contribution in [2.45, 2.75) is 38.4 Å². The molecule has 1 unspecified atom stereocenters. The largest absolute Gasteiger partial charge is 0.356 e. The van der Waals surface area contributed by atoms with Crippen molar-refractivity contribution >= 4 is 40.9 Å². The van der Waals surface area contributed by atoms with Crippen LogP contribution in [0.25, 0.3) is 0 Å². The zero-order valence-electron chi connectivity index (χ0n) is 20.2. The zero-order valence-corrected chi connectivity index (χ0v) is 21.7. The first-order chi connectivity index (χ1) is 17.9. The number of halogens is 2. The Morgan fingerprint density at radius 2 is 1.86 bits per heavy atom. The predicted octanol–water partition coefficient (Wildman–Crippen LogP) is 2.96. The molecule has 0 aliphatic carbocycles. The molecular formula is C26H28Cl2N6O3. The van der Waals surface area contributed by atoms with E-state index in [9.17, 15) is 14.4 Å². The highest BCUT2D eigenvalue weighted by atomic mass is 35.5. The Hall–Kier alpha value is -3.43. The Kier molecular flexibility index (Phi) is 9.14. The summed E-state index contributed by atoms with van der Waals surface area (Å²) in [6.07, 6.45) is 9.62. The summed E-state index contributed by atoms with van der Waals surface area (Å²) in [4.78, 5) is 50.5. The van der Waals surface area contributed by atoms with Gasteiger partial charge >= 0.3 is 0 Å². The van der Waals surface area contributed by atoms with Crippen LogP contribution in [0.4, 0.5) is 0 Å². The molecule has 3 aromatic rings. The fourth-order valence-corrected chi connectivity index (χ4v) is 4.76. The number of carbonyl (C=O) groups excluding carboxylic acids is 3. The number of hydrogen-bond donors (Lipinski definition) is 1. The van der Waals surface area contributed by atoms with Gasteiger partial charge in [-0.05, 0) is 48.2 Å². The molecule has 4 rings (SSSR count). The number of carbonyl (C=O) groups is 3. The molecular weight excluding hydrogens is 515 g/mol. The summed E-state index contributed by atoms with van der Waals surface area (Å²) in [5.74, 6) is -0.747. The van der Waals surface area contributed by atoms with Crippen LogP contribution in [0.2, 0.25) is 10.0 Å². The van der Waals surface area contributed by atoms with Crippen LogP contribution in [-0.2, 0) is 33.9 Å². The van der Waals surface area contributed by atoms with E-state index in [-0.39, 0.29) is 37.2 Å². The maximum absolute atomic E-state index is 13.5. The van der Waals surface area contributed by atoms with Gasteiger partial charge in [-0.15, -0.1) is 0 Å². The Morgan fingerprint density at radius 3 is 2.59 bits per heavy atom. The Bertz CT molecular complexity index is 1220. The summed E-state index contributed by atoms with van der Waals surface area (Å²) in [7, 11) is 0. The molecule has 0 spiro atoms. The second-order valence-corrected chi connectivity index (χ2v) is 9.69. The molecule has 1 atom stereocenters. The lowest BCUT2D eigenvalue weighted by molar-refractivity contribution is -0.157. The number of nitrogens with zero attached hydrogens (tertiary/aromatic N) is 5. The molecule has 9 nitrogen and oxygen atoms in total. The molecule has 2 aromatic heterocycles. The molecule has 1 saturated heterocycles. The van der Waals surface area contributed by atoms with Crippen molar-refractivity contribution in [1.29, 1.82) is 0 Å². The number of imidazole rings is 1. The van der Waals surface area contributed by atoms with Gasteiger partial charge in [-0.25, -0.2) is 4.98 Å². The minimum absolute atomic E-state index is 0.0574. The van der Waals surface area contributed by atoms with E-state index in [0.717, 1.165) is 17.7 Å². The molecule has 1 aliphatic heterocycles. The van der Waals surface area contributed by atoms with Gasteiger partial charge < -0.3 is 19.7 Å². The number of aromatic nitrogens is 3. The van der Waals surface area contributed by atoms with E-state index < -0.39 is 6.04 Å². The highest BCUT2D eigenvalue weighted by molar-refractivity contribution is 6.35. The first-order valence-corrected chi connectivity index (χ1v) is 12.8. The van der Waals surface area contributed by atoms with Gasteiger partial charge in [0.15, 0.2) is 0 Å². The lowest BCUT2D eigenvalue weighted by atomic mass is 10.0. The average Bonchev–Trinajstić information content (AvgIpc) is 3.40. The standard InChI is InChI=1S/C26H28Cl2N6O3/c27-21-3-2-20(22(28)14-21)6-12-33-17-25(36)34(16-19-4-8-29-9-5-19)23(26(33)37)15-24(35)31-7-1-11-32-13-10-30-18-32/h2-5,8-10,13-14,18,23H,1,6-7,11-12,15-17H2,(H,31,35). The van der Waals surface area contributed by atoms with Gasteiger partial charge in [0.25, 0.3) is 0 Å². The van der Waals surface area contributed by atoms with Crippen LogP contribution >= 0.6 is 23.2 Å². The minimum atomic E-state index is -0.899. The Balaban J connectivity index is 1.42. The maximum Gasteiger partial charge on any atom is 0.246 e. The summed E-state index contributed by atoms with van der Waals surface area (Å²) in [5, 5.41) is 3.91. The fraction of sp³-hybridized carbons (Fsp3) is 0.346. The second kappa shape index (κ2) is 12.7. The number of rotatable bonds is 11. The van der Waals surface area contributed by atoms with E-state index in [1.165, 1.54) is 9.80 Å². The molecule has 0 radical (unpaired) electrons. The Morgan fingerprint density at radius 1 is 1.05 bits per heavy atom. The van der Waals surface area contributed by atoms with E-state index in [0.29, 0.717) is 36.0 Å². The molecule has 1 aromatic carbocycles. The van der Waals surface area contributed by atoms with Crippen LogP contribution in [-0.4, -0.2) is 67.7 Å². The SMILES string of the molecule is O=C(CC1C(=O)N(CCc2ccc(Cl)cc2Cl)CC(=O)N1Cc1ccncc1)NCCCn1ccnc1. The molecule has 3 amide bonds. The van der Waals surface area contributed by atoms with Gasteiger partial charge in [0, 0.05) is 61.0 Å². The van der Waals surface area contributed by atoms with E-state index in [4.69, 9.17) is 23.2 Å². The number of piperazine rings is 1. The predicted molar refractivity (Wildman–Crippen MR) is 140 cm³/mol. The van der Waals surface area contributed by atoms with Gasteiger partial charge in [-0.1, -0.05) is 29.3 Å². The van der Waals surface area contributed by atoms with Crippen molar-refractivity contribution in [3.8, 4) is 0 Å². The summed E-state index contributed by atoms with van der Waals surface area (Å²) in [6, 6.07) is 7.88. The van der Waals surface area contributed by atoms with Crippen molar-refractivity contribution in [3.05, 3.63) is 82.6 Å². The van der Waals surface area contributed by atoms with Crippen molar-refractivity contribution in [2.24, 2.45) is 0 Å². The molecule has 0 saturated carbocycles. The minimum Gasteiger partial charge on any atom is -0.356 e. The zero-order chi connectivity index (χ0) is 26.2. The fourth-order valence-electron chi connectivity index (χ4n) is 4.26. The molecule has 1 N–H and O–H groups in total. The summed E-state index contributed by atoms with van der Waals surface area (Å²) in [5.41, 5.74) is 1.67. The van der Waals surface area contributed by atoms with Crippen LogP contribution in [0.3, 0.4) is 0 Å². The van der Waals surface area contributed by atoms with Crippen LogP contribution in [0.15, 0.2) is 61.4 Å². The molecule has 0 bridgehead atoms. The summed E-state index contributed by atoms with van der Waals surface area (Å²) >= 11 is 12.3. The third kappa shape index (κ3) is 7.30. The molecule has 1 aliphatic rings. The quantitative estimate of drug-likeness (QED) is 0.375. The number of nitrogens with one attached hydrogen (secondary N) is 1. The van der Waals surface area contributed by atoms with Gasteiger partial charge in [0.1, 0.15) is 6.04 Å². The van der Waals surface area contributed by atoms with E-state index in [1.54, 1.807) is 49.2 Å². The lowest BCUT2D eigenvalue weighted by Crippen LogP contribution is -2.60. The number of aryl methyl sites for hydroxylation is 1. The van der Waals surface area contributed by atoms with Gasteiger partial charge in [0.05, 0.1) is 19.3 Å². The number of pyridine rings is 1. The molecule has 1 fully saturated rings. The molecule has 37 heavy (non-hydrogen) atoms. The van der Waals surface area contributed by atoms with Gasteiger partial charge in [0.2, 0.25) is 17.7 Å². The van der Waals surface area contributed by atoms with E-state index >= 15 is 0 Å². The van der Waals surface area contributed by atoms with Crippen molar-refractivity contribution in [3.63, 3.8) is 0 Å². The first kappa shape index (κ1) is 26.6. The topological polar surface area (TPSA) is 100 Å². The third-order valence-electron chi connectivity index (χ3n) is 6.24. The van der Waals surface area contributed by atoms with E-state index in [1.807, 2.05) is 16.8 Å². The molecule has 3 heterocycles. The van der Waals surface area contributed by atoms with Crippen molar-refractivity contribution in [2.75, 3.05) is 19.6 Å². The van der Waals surface area contributed by atoms with Gasteiger partial charge in [-0.2, -0.15) is 0 Å². The second-order valence-electron chi connectivity index (χ2n) is 8.85. The van der Waals surface area contributed by atoms with E-state index in [2.05, 4.69) is 15.3 Å². The average molecular weight is 543 g/mol. The molecule has 11 heteroatoms. The summed E-state index contributed by atoms with van der Waals surface area (Å²) < 4.78 is 1.93. The van der Waals surface area contributed by atoms with Crippen LogP contribution in [0.5, 0.6) is 0 Å². The number of hydrogen-bond acceptors (Lipinski definition) is 5. The highest BCUT2D eigenvalue weighted by Crippen LogP contribution is 2.23. The van der Waals surface area contributed by atoms with Gasteiger partial charge in [-0.3, -0.25) is 19.4 Å².